The summed E-state index contributed by atoms with van der Waals surface area (Å²) in [5, 5.41) is 17.5. The highest BCUT2D eigenvalue weighted by atomic mass is 32.5. The second-order valence-corrected chi connectivity index (χ2v) is 7.33. The summed E-state index contributed by atoms with van der Waals surface area (Å²) >= 11 is 0.706. The molecule has 1 aromatic carbocycles. The number of benzene rings is 1. The Morgan fingerprint density at radius 2 is 1.71 bits per heavy atom. The van der Waals surface area contributed by atoms with E-state index in [0.29, 0.717) is 11.8 Å². The summed E-state index contributed by atoms with van der Waals surface area (Å²) in [6.07, 6.45) is 0. The van der Waals surface area contributed by atoms with Gasteiger partial charge in [-0.3, -0.25) is 5.10 Å². The van der Waals surface area contributed by atoms with E-state index in [2.05, 4.69) is 15.4 Å². The summed E-state index contributed by atoms with van der Waals surface area (Å²) in [7, 11) is -9.70. The SMILES string of the molecule is O=C(O)c1nn[nH]c1Sc1ccc(S(F)(F)(F)(F)F)cc1. The van der Waals surface area contributed by atoms with Crippen LogP contribution in [-0.4, -0.2) is 26.5 Å². The Labute approximate surface area is 118 Å². The molecule has 2 aromatic rings. The predicted octanol–water partition coefficient (Wildman–Crippen LogP) is 4.31. The van der Waals surface area contributed by atoms with E-state index in [1.54, 1.807) is 0 Å². The number of carbonyl (C=O) groups is 1. The lowest BCUT2D eigenvalue weighted by Crippen LogP contribution is -2.05. The van der Waals surface area contributed by atoms with Crippen LogP contribution in [0.4, 0.5) is 19.4 Å². The number of carboxylic acid groups (broad SMARTS) is 1. The zero-order valence-corrected chi connectivity index (χ0v) is 11.4. The molecule has 0 unspecified atom stereocenters. The number of aromatic amines is 1. The van der Waals surface area contributed by atoms with Gasteiger partial charge in [-0.25, -0.2) is 4.79 Å². The van der Waals surface area contributed by atoms with Crippen LogP contribution in [0.1, 0.15) is 10.5 Å². The fourth-order valence-corrected chi connectivity index (χ4v) is 2.78. The molecule has 0 bridgehead atoms. The molecule has 0 fully saturated rings. The second-order valence-electron chi connectivity index (χ2n) is 3.84. The zero-order chi connectivity index (χ0) is 16.0. The van der Waals surface area contributed by atoms with Crippen LogP contribution in [0, 0.1) is 0 Å². The second kappa shape index (κ2) is 4.10. The monoisotopic (exact) mass is 347 g/mol. The van der Waals surface area contributed by atoms with Gasteiger partial charge >= 0.3 is 16.2 Å². The van der Waals surface area contributed by atoms with Crippen molar-refractivity contribution in [1.29, 1.82) is 0 Å². The van der Waals surface area contributed by atoms with Gasteiger partial charge in [-0.2, -0.15) is 0 Å². The molecule has 0 amide bonds. The van der Waals surface area contributed by atoms with E-state index in [-0.39, 0.29) is 22.1 Å². The van der Waals surface area contributed by atoms with Crippen molar-refractivity contribution in [3.8, 4) is 0 Å². The maximum atomic E-state index is 12.5. The maximum absolute atomic E-state index is 12.5. The highest BCUT2D eigenvalue weighted by Gasteiger charge is 2.65. The van der Waals surface area contributed by atoms with Crippen LogP contribution < -0.4 is 0 Å². The molecule has 0 atom stereocenters. The Balaban J connectivity index is 2.29. The molecule has 5 nitrogen and oxygen atoms in total. The van der Waals surface area contributed by atoms with Gasteiger partial charge in [-0.05, 0) is 24.3 Å². The average Bonchev–Trinajstić information content (AvgIpc) is 2.75. The molecule has 116 valence electrons. The quantitative estimate of drug-likeness (QED) is 0.806. The van der Waals surface area contributed by atoms with E-state index in [1.165, 1.54) is 0 Å². The van der Waals surface area contributed by atoms with Gasteiger partial charge in [0.1, 0.15) is 9.92 Å². The van der Waals surface area contributed by atoms with E-state index in [1.807, 2.05) is 0 Å². The Morgan fingerprint density at radius 3 is 2.19 bits per heavy atom. The molecule has 0 radical (unpaired) electrons. The molecule has 0 saturated heterocycles. The minimum absolute atomic E-state index is 0.0254. The molecule has 0 aliphatic carbocycles. The van der Waals surface area contributed by atoms with Gasteiger partial charge in [0, 0.05) is 4.90 Å². The van der Waals surface area contributed by atoms with Gasteiger partial charge in [0.2, 0.25) is 5.69 Å². The van der Waals surface area contributed by atoms with Crippen LogP contribution >= 0.6 is 22.0 Å². The summed E-state index contributed by atoms with van der Waals surface area (Å²) in [6, 6.07) is 2.11. The number of hydrogen-bond donors (Lipinski definition) is 2. The topological polar surface area (TPSA) is 78.9 Å². The summed E-state index contributed by atoms with van der Waals surface area (Å²) in [4.78, 5) is 8.87. The molecule has 0 aliphatic rings. The number of rotatable bonds is 4. The minimum atomic E-state index is -9.70. The largest absolute Gasteiger partial charge is 0.476 e. The van der Waals surface area contributed by atoms with Gasteiger partial charge in [0.05, 0.1) is 0 Å². The van der Waals surface area contributed by atoms with E-state index in [4.69, 9.17) is 5.11 Å². The van der Waals surface area contributed by atoms with E-state index < -0.39 is 26.8 Å². The van der Waals surface area contributed by atoms with Gasteiger partial charge < -0.3 is 5.11 Å². The Kier molecular flexibility index (Phi) is 3.04. The van der Waals surface area contributed by atoms with Crippen molar-refractivity contribution in [2.45, 2.75) is 14.8 Å². The molecular formula is C9H6F5N3O2S2. The maximum Gasteiger partial charge on any atom is 0.359 e. The number of nitrogens with one attached hydrogen (secondary N) is 1. The fraction of sp³-hybridized carbons (Fsp3) is 0. The van der Waals surface area contributed by atoms with Crippen molar-refractivity contribution in [3.63, 3.8) is 0 Å². The first-order chi connectivity index (χ1) is 9.36. The first-order valence-electron chi connectivity index (χ1n) is 5.03. The van der Waals surface area contributed by atoms with Crippen molar-refractivity contribution in [1.82, 2.24) is 15.4 Å². The molecule has 2 rings (SSSR count). The van der Waals surface area contributed by atoms with Crippen LogP contribution in [-0.2, 0) is 0 Å². The van der Waals surface area contributed by atoms with Crippen molar-refractivity contribution in [2.75, 3.05) is 0 Å². The van der Waals surface area contributed by atoms with Crippen molar-refractivity contribution in [3.05, 3.63) is 30.0 Å². The molecule has 12 heteroatoms. The van der Waals surface area contributed by atoms with Crippen molar-refractivity contribution < 1.29 is 29.3 Å². The molecule has 0 aliphatic heterocycles. The molecule has 2 N–H and O–H groups in total. The zero-order valence-electron chi connectivity index (χ0n) is 9.77. The van der Waals surface area contributed by atoms with Gasteiger partial charge in [0.25, 0.3) is 0 Å². The van der Waals surface area contributed by atoms with Crippen LogP contribution in [0.5, 0.6) is 0 Å². The predicted molar refractivity (Wildman–Crippen MR) is 65.3 cm³/mol. The molecule has 0 spiro atoms. The third-order valence-electron chi connectivity index (χ3n) is 2.21. The van der Waals surface area contributed by atoms with E-state index in [0.717, 1.165) is 12.1 Å². The summed E-state index contributed by atoms with van der Waals surface area (Å²) < 4.78 is 62.6. The lowest BCUT2D eigenvalue weighted by Gasteiger charge is -2.40. The lowest BCUT2D eigenvalue weighted by atomic mass is 10.4. The molecule has 21 heavy (non-hydrogen) atoms. The Hall–Kier alpha value is -1.82. The standard InChI is InChI=1S/C9H6F5N3O2S2/c10-21(11,12,13,14)6-3-1-5(2-4-6)20-8-7(9(18)19)15-17-16-8/h1-4H,(H,18,19)(H,15,16,17). The third-order valence-corrected chi connectivity index (χ3v) is 4.37. The van der Waals surface area contributed by atoms with Crippen molar-refractivity contribution in [2.24, 2.45) is 0 Å². The smallest absolute Gasteiger partial charge is 0.359 e. The number of H-pyrrole nitrogens is 1. The number of nitrogens with zero attached hydrogens (tertiary/aromatic N) is 2. The Morgan fingerprint density at radius 1 is 1.14 bits per heavy atom. The normalized spacial score (nSPS) is 15.3. The number of carboxylic acids is 1. The number of aromatic nitrogens is 3. The van der Waals surface area contributed by atoms with Gasteiger partial charge in [-0.1, -0.05) is 36.4 Å². The third kappa shape index (κ3) is 3.64. The Bertz CT molecular complexity index is 698. The van der Waals surface area contributed by atoms with Crippen molar-refractivity contribution >= 4 is 28.0 Å². The minimum Gasteiger partial charge on any atom is -0.476 e. The van der Waals surface area contributed by atoms with Crippen LogP contribution in [0.25, 0.3) is 0 Å². The number of halogens is 5. The number of aromatic carboxylic acids is 1. The first kappa shape index (κ1) is 15.6. The van der Waals surface area contributed by atoms with E-state index >= 15 is 0 Å². The highest BCUT2D eigenvalue weighted by Crippen LogP contribution is 3.02. The number of hydrogen-bond acceptors (Lipinski definition) is 4. The molecule has 1 heterocycles. The van der Waals surface area contributed by atoms with Gasteiger partial charge in [-0.15, -0.1) is 5.10 Å². The molecule has 0 saturated carbocycles. The first-order valence-corrected chi connectivity index (χ1v) is 7.80. The van der Waals surface area contributed by atoms with Gasteiger partial charge in [0.15, 0.2) is 0 Å². The van der Waals surface area contributed by atoms with Crippen LogP contribution in [0.15, 0.2) is 39.1 Å². The van der Waals surface area contributed by atoms with E-state index in [9.17, 15) is 24.2 Å². The lowest BCUT2D eigenvalue weighted by molar-refractivity contribution is 0.0686. The van der Waals surface area contributed by atoms with Crippen LogP contribution in [0.2, 0.25) is 0 Å². The fourth-order valence-electron chi connectivity index (χ4n) is 1.31. The average molecular weight is 347 g/mol. The summed E-state index contributed by atoms with van der Waals surface area (Å²) in [6.45, 7) is 0. The van der Waals surface area contributed by atoms with Crippen LogP contribution in [0.3, 0.4) is 0 Å². The summed E-state index contributed by atoms with van der Waals surface area (Å²) in [5.41, 5.74) is -0.420. The summed E-state index contributed by atoms with van der Waals surface area (Å²) in [5.74, 6) is -1.38. The molecular weight excluding hydrogens is 341 g/mol. The molecule has 1 aromatic heterocycles. The highest BCUT2D eigenvalue weighted by molar-refractivity contribution is 8.45.